The molecule has 1 saturated carbocycles. The van der Waals surface area contributed by atoms with Crippen molar-refractivity contribution in [3.63, 3.8) is 0 Å². The molecule has 0 aliphatic heterocycles. The third-order valence-electron chi connectivity index (χ3n) is 5.40. The van der Waals surface area contributed by atoms with Crippen LogP contribution in [0.15, 0.2) is 24.7 Å². The second-order valence-corrected chi connectivity index (χ2v) is 7.62. The highest BCUT2D eigenvalue weighted by atomic mass is 16.5. The number of hydrogen-bond donors (Lipinski definition) is 1. The number of nitriles is 1. The predicted octanol–water partition coefficient (Wildman–Crippen LogP) is 1.96. The van der Waals surface area contributed by atoms with E-state index in [4.69, 9.17) is 15.6 Å². The molecule has 2 N–H and O–H groups in total. The third kappa shape index (κ3) is 3.42. The number of anilines is 1. The minimum absolute atomic E-state index is 0.212. The fourth-order valence-corrected chi connectivity index (χ4v) is 3.53. The summed E-state index contributed by atoms with van der Waals surface area (Å²) in [4.78, 5) is 12.9. The van der Waals surface area contributed by atoms with Crippen LogP contribution >= 0.6 is 0 Å². The monoisotopic (exact) mass is 416 g/mol. The zero-order chi connectivity index (χ0) is 21.5. The molecule has 11 heteroatoms. The summed E-state index contributed by atoms with van der Waals surface area (Å²) in [6.45, 7) is 2.85. The van der Waals surface area contributed by atoms with Gasteiger partial charge in [-0.2, -0.15) is 10.4 Å². The molecule has 11 nitrogen and oxygen atoms in total. The molecule has 1 atom stereocenters. The summed E-state index contributed by atoms with van der Waals surface area (Å²) in [6, 6.07) is 5.06. The van der Waals surface area contributed by atoms with E-state index in [0.29, 0.717) is 34.1 Å². The Bertz CT molecular complexity index is 1310. The van der Waals surface area contributed by atoms with Crippen molar-refractivity contribution in [2.45, 2.75) is 32.4 Å². The van der Waals surface area contributed by atoms with Crippen LogP contribution in [0.3, 0.4) is 0 Å². The Labute approximate surface area is 177 Å². The van der Waals surface area contributed by atoms with Gasteiger partial charge in [-0.25, -0.2) is 19.6 Å². The summed E-state index contributed by atoms with van der Waals surface area (Å²) in [5.74, 6) is 1.47. The highest BCUT2D eigenvalue weighted by molar-refractivity contribution is 5.97. The first-order valence-corrected chi connectivity index (χ1v) is 9.92. The zero-order valence-electron chi connectivity index (χ0n) is 17.1. The lowest BCUT2D eigenvalue weighted by Crippen LogP contribution is -2.10. The maximum atomic E-state index is 9.35. The summed E-state index contributed by atoms with van der Waals surface area (Å²) < 4.78 is 8.93. The van der Waals surface area contributed by atoms with Gasteiger partial charge >= 0.3 is 0 Å². The zero-order valence-corrected chi connectivity index (χ0v) is 17.1. The molecular weight excluding hydrogens is 396 g/mol. The topological polar surface area (TPSA) is 146 Å². The molecule has 1 unspecified atom stereocenters. The number of ether oxygens (including phenoxy) is 1. The van der Waals surface area contributed by atoms with Gasteiger partial charge in [0.25, 0.3) is 0 Å². The van der Waals surface area contributed by atoms with Gasteiger partial charge in [-0.05, 0) is 25.7 Å². The second-order valence-electron chi connectivity index (χ2n) is 7.62. The molecule has 0 amide bonds. The van der Waals surface area contributed by atoms with E-state index in [1.165, 1.54) is 26.3 Å². The van der Waals surface area contributed by atoms with Crippen LogP contribution in [0, 0.1) is 17.2 Å². The van der Waals surface area contributed by atoms with E-state index in [1.807, 2.05) is 23.9 Å². The molecule has 4 aromatic rings. The van der Waals surface area contributed by atoms with Gasteiger partial charge in [-0.3, -0.25) is 4.68 Å². The van der Waals surface area contributed by atoms with Gasteiger partial charge in [0.05, 0.1) is 30.4 Å². The molecule has 0 aromatic carbocycles. The van der Waals surface area contributed by atoms with E-state index < -0.39 is 0 Å². The average Bonchev–Trinajstić information content (AvgIpc) is 3.32. The standard InChI is InChI=1S/C20H20N10O/c1-11(16-9-29(28-26-16)8-12-3-4-12)30-20-17(19(22)23-10-24-20)18(27-30)15-6-14(31-2)5-13(7-21)25-15/h5-6,9-12H,3-4,8H2,1-2H3,(H2,22,23,24). The maximum Gasteiger partial charge on any atom is 0.164 e. The van der Waals surface area contributed by atoms with Gasteiger partial charge in [0.2, 0.25) is 0 Å². The molecule has 0 bridgehead atoms. The number of methoxy groups -OCH3 is 1. The van der Waals surface area contributed by atoms with Crippen molar-refractivity contribution in [3.8, 4) is 23.2 Å². The first-order chi connectivity index (χ1) is 15.1. The summed E-state index contributed by atoms with van der Waals surface area (Å²) in [7, 11) is 1.53. The lowest BCUT2D eigenvalue weighted by molar-refractivity contribution is 0.414. The normalized spacial score (nSPS) is 14.5. The molecule has 0 radical (unpaired) electrons. The Morgan fingerprint density at radius 1 is 1.32 bits per heavy atom. The quantitative estimate of drug-likeness (QED) is 0.498. The van der Waals surface area contributed by atoms with Crippen LogP contribution in [0.4, 0.5) is 5.82 Å². The molecule has 4 aromatic heterocycles. The van der Waals surface area contributed by atoms with Crippen LogP contribution in [0.5, 0.6) is 5.75 Å². The fraction of sp³-hybridized carbons (Fsp3) is 0.350. The molecule has 4 heterocycles. The van der Waals surface area contributed by atoms with Crippen molar-refractivity contribution < 1.29 is 4.74 Å². The largest absolute Gasteiger partial charge is 0.497 e. The van der Waals surface area contributed by atoms with Crippen molar-refractivity contribution in [1.29, 1.82) is 5.26 Å². The Kier molecular flexibility index (Phi) is 4.47. The number of pyridine rings is 1. The minimum atomic E-state index is -0.250. The van der Waals surface area contributed by atoms with Crippen molar-refractivity contribution in [2.24, 2.45) is 5.92 Å². The van der Waals surface area contributed by atoms with Gasteiger partial charge in [0, 0.05) is 18.7 Å². The van der Waals surface area contributed by atoms with E-state index >= 15 is 0 Å². The van der Waals surface area contributed by atoms with E-state index in [0.717, 1.165) is 12.2 Å². The van der Waals surface area contributed by atoms with E-state index in [1.54, 1.807) is 16.8 Å². The van der Waals surface area contributed by atoms with Gasteiger partial charge in [-0.15, -0.1) is 5.10 Å². The van der Waals surface area contributed by atoms with Gasteiger partial charge in [0.15, 0.2) is 5.65 Å². The van der Waals surface area contributed by atoms with Crippen LogP contribution in [0.25, 0.3) is 22.4 Å². The Balaban J connectivity index is 1.63. The van der Waals surface area contributed by atoms with Crippen molar-refractivity contribution >= 4 is 16.9 Å². The molecule has 156 valence electrons. The van der Waals surface area contributed by atoms with Crippen LogP contribution < -0.4 is 10.5 Å². The number of fused-ring (bicyclic) bond motifs is 1. The smallest absolute Gasteiger partial charge is 0.164 e. The summed E-state index contributed by atoms with van der Waals surface area (Å²) >= 11 is 0. The van der Waals surface area contributed by atoms with Crippen molar-refractivity contribution in [2.75, 3.05) is 12.8 Å². The van der Waals surface area contributed by atoms with E-state index in [9.17, 15) is 5.26 Å². The summed E-state index contributed by atoms with van der Waals surface area (Å²) in [5, 5.41) is 23.3. The van der Waals surface area contributed by atoms with Crippen LogP contribution in [-0.2, 0) is 6.54 Å². The highest BCUT2D eigenvalue weighted by Gasteiger charge is 2.25. The molecule has 5 rings (SSSR count). The highest BCUT2D eigenvalue weighted by Crippen LogP contribution is 2.34. The second kappa shape index (κ2) is 7.32. The molecule has 0 spiro atoms. The molecular formula is C20H20N10O. The Morgan fingerprint density at radius 3 is 2.90 bits per heavy atom. The minimum Gasteiger partial charge on any atom is -0.497 e. The van der Waals surface area contributed by atoms with Gasteiger partial charge in [0.1, 0.15) is 41.0 Å². The third-order valence-corrected chi connectivity index (χ3v) is 5.40. The summed E-state index contributed by atoms with van der Waals surface area (Å²) in [6.07, 6.45) is 5.83. The first kappa shape index (κ1) is 18.9. The number of nitrogen functional groups attached to an aromatic ring is 1. The lowest BCUT2D eigenvalue weighted by Gasteiger charge is -2.09. The lowest BCUT2D eigenvalue weighted by atomic mass is 10.2. The maximum absolute atomic E-state index is 9.35. The number of hydrogen-bond acceptors (Lipinski definition) is 9. The average molecular weight is 416 g/mol. The summed E-state index contributed by atoms with van der Waals surface area (Å²) in [5.41, 5.74) is 8.65. The van der Waals surface area contributed by atoms with Gasteiger partial charge in [-0.1, -0.05) is 5.21 Å². The van der Waals surface area contributed by atoms with Gasteiger partial charge < -0.3 is 10.5 Å². The van der Waals surface area contributed by atoms with E-state index in [-0.39, 0.29) is 17.6 Å². The molecule has 1 aliphatic carbocycles. The Morgan fingerprint density at radius 2 is 2.16 bits per heavy atom. The first-order valence-electron chi connectivity index (χ1n) is 9.92. The Hall–Kier alpha value is -4.07. The number of nitrogens with zero attached hydrogens (tertiary/aromatic N) is 9. The van der Waals surface area contributed by atoms with Crippen molar-refractivity contribution in [3.05, 3.63) is 36.0 Å². The predicted molar refractivity (Wildman–Crippen MR) is 111 cm³/mol. The molecule has 1 fully saturated rings. The van der Waals surface area contributed by atoms with Crippen LogP contribution in [0.2, 0.25) is 0 Å². The molecule has 0 saturated heterocycles. The number of nitrogens with two attached hydrogens (primary N) is 1. The van der Waals surface area contributed by atoms with Crippen LogP contribution in [-0.4, -0.2) is 46.8 Å². The van der Waals surface area contributed by atoms with E-state index in [2.05, 4.69) is 25.3 Å². The fourth-order valence-electron chi connectivity index (χ4n) is 3.53. The number of rotatable bonds is 6. The molecule has 1 aliphatic rings. The number of aromatic nitrogens is 8. The SMILES string of the molecule is COc1cc(C#N)nc(-c2nn(C(C)c3cn(CC4CC4)nn3)c3ncnc(N)c23)c1. The molecule has 31 heavy (non-hydrogen) atoms. The van der Waals surface area contributed by atoms with Crippen LogP contribution in [0.1, 0.15) is 37.2 Å². The van der Waals surface area contributed by atoms with Crippen molar-refractivity contribution in [1.82, 2.24) is 39.7 Å².